The van der Waals surface area contributed by atoms with Crippen molar-refractivity contribution in [2.24, 2.45) is 5.92 Å². The van der Waals surface area contributed by atoms with Crippen LogP contribution in [-0.2, 0) is 10.0 Å². The molecule has 0 fully saturated rings. The van der Waals surface area contributed by atoms with Gasteiger partial charge in [-0.2, -0.15) is 0 Å². The third-order valence-corrected chi connectivity index (χ3v) is 5.90. The molecule has 0 atom stereocenters. The minimum atomic E-state index is -3.53. The van der Waals surface area contributed by atoms with E-state index < -0.39 is 10.0 Å². The van der Waals surface area contributed by atoms with Crippen LogP contribution in [0.1, 0.15) is 25.1 Å². The molecule has 0 aromatic carbocycles. The fourth-order valence-corrected chi connectivity index (χ4v) is 4.14. The lowest BCUT2D eigenvalue weighted by atomic mass is 10.1. The molecule has 0 saturated carbocycles. The second-order valence-electron chi connectivity index (χ2n) is 5.51. The molecule has 0 unspecified atom stereocenters. The SMILES string of the molecule is Cc1ccc(S(=O)(=O)Nc2ccc(NCCC(C)C)nc2)s1. The number of sulfonamides is 1. The first-order chi connectivity index (χ1) is 10.4. The molecule has 2 N–H and O–H groups in total. The quantitative estimate of drug-likeness (QED) is 0.807. The molecule has 0 bridgehead atoms. The Labute approximate surface area is 135 Å². The number of hydrogen-bond donors (Lipinski definition) is 2. The van der Waals surface area contributed by atoms with Gasteiger partial charge in [-0.05, 0) is 43.5 Å². The lowest BCUT2D eigenvalue weighted by Crippen LogP contribution is -2.12. The van der Waals surface area contributed by atoms with Crippen molar-refractivity contribution in [3.8, 4) is 0 Å². The van der Waals surface area contributed by atoms with Crippen molar-refractivity contribution in [3.63, 3.8) is 0 Å². The zero-order valence-electron chi connectivity index (χ0n) is 13.0. The van der Waals surface area contributed by atoms with E-state index in [4.69, 9.17) is 0 Å². The summed E-state index contributed by atoms with van der Waals surface area (Å²) in [6.07, 6.45) is 2.59. The molecule has 0 aliphatic carbocycles. The number of anilines is 2. The van der Waals surface area contributed by atoms with Crippen molar-refractivity contribution in [2.75, 3.05) is 16.6 Å². The van der Waals surface area contributed by atoms with E-state index in [1.54, 1.807) is 24.3 Å². The first-order valence-corrected chi connectivity index (χ1v) is 9.46. The number of thiophene rings is 1. The number of nitrogens with one attached hydrogen (secondary N) is 2. The maximum absolute atomic E-state index is 12.2. The van der Waals surface area contributed by atoms with Crippen LogP contribution in [0.2, 0.25) is 0 Å². The van der Waals surface area contributed by atoms with Crippen LogP contribution in [-0.4, -0.2) is 19.9 Å². The van der Waals surface area contributed by atoms with Gasteiger partial charge in [0.25, 0.3) is 10.0 Å². The van der Waals surface area contributed by atoms with E-state index in [1.807, 2.05) is 6.92 Å². The third-order valence-electron chi connectivity index (χ3n) is 3.02. The van der Waals surface area contributed by atoms with Crippen LogP contribution in [0.5, 0.6) is 0 Å². The fraction of sp³-hybridized carbons (Fsp3) is 0.400. The van der Waals surface area contributed by atoms with Gasteiger partial charge in [0, 0.05) is 11.4 Å². The predicted molar refractivity (Wildman–Crippen MR) is 92.0 cm³/mol. The summed E-state index contributed by atoms with van der Waals surface area (Å²) >= 11 is 1.25. The molecule has 0 saturated heterocycles. The number of nitrogens with zero attached hydrogens (tertiary/aromatic N) is 1. The highest BCUT2D eigenvalue weighted by molar-refractivity contribution is 7.94. The average Bonchev–Trinajstić information content (AvgIpc) is 2.88. The first kappa shape index (κ1) is 16.8. The highest BCUT2D eigenvalue weighted by atomic mass is 32.2. The zero-order valence-corrected chi connectivity index (χ0v) is 14.6. The van der Waals surface area contributed by atoms with Crippen molar-refractivity contribution in [2.45, 2.75) is 31.4 Å². The smallest absolute Gasteiger partial charge is 0.271 e. The summed E-state index contributed by atoms with van der Waals surface area (Å²) in [5.74, 6) is 1.38. The highest BCUT2D eigenvalue weighted by Crippen LogP contribution is 2.23. The topological polar surface area (TPSA) is 71.1 Å². The van der Waals surface area contributed by atoms with E-state index in [-0.39, 0.29) is 0 Å². The minimum Gasteiger partial charge on any atom is -0.370 e. The zero-order chi connectivity index (χ0) is 16.2. The van der Waals surface area contributed by atoms with Gasteiger partial charge in [0.15, 0.2) is 0 Å². The molecule has 0 aliphatic heterocycles. The maximum Gasteiger partial charge on any atom is 0.271 e. The van der Waals surface area contributed by atoms with E-state index in [2.05, 4.69) is 28.9 Å². The Bertz CT molecular complexity index is 707. The number of aryl methyl sites for hydroxylation is 1. The van der Waals surface area contributed by atoms with Crippen LogP contribution in [0.3, 0.4) is 0 Å². The van der Waals surface area contributed by atoms with Gasteiger partial charge in [-0.15, -0.1) is 11.3 Å². The number of rotatable bonds is 7. The van der Waals surface area contributed by atoms with Crippen LogP contribution in [0.15, 0.2) is 34.7 Å². The lowest BCUT2D eigenvalue weighted by Gasteiger charge is -2.09. The number of aromatic nitrogens is 1. The van der Waals surface area contributed by atoms with Gasteiger partial charge >= 0.3 is 0 Å². The molecule has 0 radical (unpaired) electrons. The monoisotopic (exact) mass is 339 g/mol. The van der Waals surface area contributed by atoms with Gasteiger partial charge in [-0.3, -0.25) is 4.72 Å². The first-order valence-electron chi connectivity index (χ1n) is 7.16. The summed E-state index contributed by atoms with van der Waals surface area (Å²) in [6.45, 7) is 7.06. The van der Waals surface area contributed by atoms with E-state index in [9.17, 15) is 8.42 Å². The largest absolute Gasteiger partial charge is 0.370 e. The number of pyridine rings is 1. The van der Waals surface area contributed by atoms with Crippen molar-refractivity contribution >= 4 is 32.9 Å². The van der Waals surface area contributed by atoms with Crippen molar-refractivity contribution in [1.29, 1.82) is 0 Å². The van der Waals surface area contributed by atoms with Gasteiger partial charge in [0.1, 0.15) is 10.0 Å². The number of hydrogen-bond acceptors (Lipinski definition) is 5. The Morgan fingerprint density at radius 2 is 2.00 bits per heavy atom. The van der Waals surface area contributed by atoms with Crippen LogP contribution < -0.4 is 10.0 Å². The Morgan fingerprint density at radius 1 is 1.23 bits per heavy atom. The molecular formula is C15H21N3O2S2. The van der Waals surface area contributed by atoms with E-state index >= 15 is 0 Å². The predicted octanol–water partition coefficient (Wildman–Crippen LogP) is 3.71. The van der Waals surface area contributed by atoms with Gasteiger partial charge in [0.2, 0.25) is 0 Å². The second-order valence-corrected chi connectivity index (χ2v) is 8.71. The summed E-state index contributed by atoms with van der Waals surface area (Å²) in [5, 5.41) is 3.21. The van der Waals surface area contributed by atoms with E-state index in [1.165, 1.54) is 17.5 Å². The lowest BCUT2D eigenvalue weighted by molar-refractivity contribution is 0.603. The Kier molecular flexibility index (Phi) is 5.42. The van der Waals surface area contributed by atoms with Crippen molar-refractivity contribution in [3.05, 3.63) is 35.3 Å². The second kappa shape index (κ2) is 7.11. The molecule has 5 nitrogen and oxygen atoms in total. The van der Waals surface area contributed by atoms with Gasteiger partial charge < -0.3 is 5.32 Å². The summed E-state index contributed by atoms with van der Waals surface area (Å²) in [5.41, 5.74) is 0.459. The molecule has 0 amide bonds. The van der Waals surface area contributed by atoms with Crippen LogP contribution in [0.25, 0.3) is 0 Å². The molecule has 22 heavy (non-hydrogen) atoms. The standard InChI is InChI=1S/C15H21N3O2S2/c1-11(2)8-9-16-14-6-5-13(10-17-14)18-22(19,20)15-7-4-12(3)21-15/h4-7,10-11,18H,8-9H2,1-3H3,(H,16,17). The normalized spacial score (nSPS) is 11.6. The molecule has 120 valence electrons. The van der Waals surface area contributed by atoms with E-state index in [0.717, 1.165) is 23.7 Å². The molecule has 0 aliphatic rings. The molecule has 0 spiro atoms. The van der Waals surface area contributed by atoms with Crippen molar-refractivity contribution < 1.29 is 8.42 Å². The summed E-state index contributed by atoms with van der Waals surface area (Å²) < 4.78 is 27.3. The van der Waals surface area contributed by atoms with E-state index in [0.29, 0.717) is 15.8 Å². The summed E-state index contributed by atoms with van der Waals surface area (Å²) in [4.78, 5) is 5.19. The molecule has 2 aromatic heterocycles. The van der Waals surface area contributed by atoms with Crippen LogP contribution in [0, 0.1) is 12.8 Å². The Hall–Kier alpha value is -1.60. The molecule has 2 aromatic rings. The fourth-order valence-electron chi connectivity index (χ4n) is 1.81. The average molecular weight is 339 g/mol. The maximum atomic E-state index is 12.2. The van der Waals surface area contributed by atoms with Gasteiger partial charge in [-0.1, -0.05) is 13.8 Å². The third kappa shape index (κ3) is 4.71. The highest BCUT2D eigenvalue weighted by Gasteiger charge is 2.16. The Morgan fingerprint density at radius 3 is 2.55 bits per heavy atom. The molecular weight excluding hydrogens is 318 g/mol. The molecule has 2 rings (SSSR count). The van der Waals surface area contributed by atoms with Gasteiger partial charge in [-0.25, -0.2) is 13.4 Å². The molecule has 7 heteroatoms. The van der Waals surface area contributed by atoms with Crippen LogP contribution >= 0.6 is 11.3 Å². The van der Waals surface area contributed by atoms with Crippen molar-refractivity contribution in [1.82, 2.24) is 4.98 Å². The van der Waals surface area contributed by atoms with Crippen LogP contribution in [0.4, 0.5) is 11.5 Å². The summed E-state index contributed by atoms with van der Waals surface area (Å²) in [7, 11) is -3.53. The van der Waals surface area contributed by atoms with Gasteiger partial charge in [0.05, 0.1) is 11.9 Å². The Balaban J connectivity index is 1.99. The molecule has 2 heterocycles. The minimum absolute atomic E-state index is 0.309. The summed E-state index contributed by atoms with van der Waals surface area (Å²) in [6, 6.07) is 6.89.